The van der Waals surface area contributed by atoms with Gasteiger partial charge in [0.25, 0.3) is 0 Å². The van der Waals surface area contributed by atoms with Crippen molar-refractivity contribution in [3.05, 3.63) is 58.6 Å². The Balaban J connectivity index is 1.90. The number of hydrogen-bond acceptors (Lipinski definition) is 3. The van der Waals surface area contributed by atoms with Gasteiger partial charge in [-0.1, -0.05) is 23.7 Å². The van der Waals surface area contributed by atoms with Gasteiger partial charge >= 0.3 is 0 Å². The molecule has 1 amide bonds. The molecular formula is C17H15ClN2O2. The lowest BCUT2D eigenvalue weighted by molar-refractivity contribution is -0.116. The lowest BCUT2D eigenvalue weighted by atomic mass is 10.1. The van der Waals surface area contributed by atoms with Crippen molar-refractivity contribution in [3.8, 4) is 11.8 Å². The highest BCUT2D eigenvalue weighted by Crippen LogP contribution is 2.27. The number of hydrogen-bond donors (Lipinski definition) is 1. The summed E-state index contributed by atoms with van der Waals surface area (Å²) in [5, 5.41) is 12.0. The quantitative estimate of drug-likeness (QED) is 0.913. The van der Waals surface area contributed by atoms with E-state index in [1.54, 1.807) is 30.3 Å². The average molecular weight is 315 g/mol. The number of rotatable bonds is 5. The fourth-order valence-corrected chi connectivity index (χ4v) is 2.23. The van der Waals surface area contributed by atoms with E-state index in [-0.39, 0.29) is 5.91 Å². The van der Waals surface area contributed by atoms with Crippen molar-refractivity contribution < 1.29 is 9.53 Å². The fourth-order valence-electron chi connectivity index (χ4n) is 1.97. The minimum atomic E-state index is -0.0920. The molecular weight excluding hydrogens is 300 g/mol. The Morgan fingerprint density at radius 2 is 2.00 bits per heavy atom. The van der Waals surface area contributed by atoms with Crippen LogP contribution in [-0.4, -0.2) is 13.0 Å². The number of ether oxygens (including phenoxy) is 1. The first-order valence-corrected chi connectivity index (χ1v) is 7.12. The van der Waals surface area contributed by atoms with Gasteiger partial charge in [0.15, 0.2) is 0 Å². The van der Waals surface area contributed by atoms with Gasteiger partial charge < -0.3 is 10.1 Å². The van der Waals surface area contributed by atoms with Crippen LogP contribution in [0.5, 0.6) is 5.75 Å². The molecule has 0 aliphatic rings. The number of nitriles is 1. The third-order valence-corrected chi connectivity index (χ3v) is 3.45. The number of carbonyl (C=O) groups excluding carboxylic acids is 1. The lowest BCUT2D eigenvalue weighted by Crippen LogP contribution is -2.12. The van der Waals surface area contributed by atoms with Gasteiger partial charge in [-0.2, -0.15) is 5.26 Å². The van der Waals surface area contributed by atoms with Gasteiger partial charge in [0, 0.05) is 12.1 Å². The summed E-state index contributed by atoms with van der Waals surface area (Å²) in [4.78, 5) is 11.9. The predicted molar refractivity (Wildman–Crippen MR) is 86.1 cm³/mol. The third-order valence-electron chi connectivity index (χ3n) is 3.16. The summed E-state index contributed by atoms with van der Waals surface area (Å²) < 4.78 is 5.06. The fraction of sp³-hybridized carbons (Fsp3) is 0.176. The molecule has 2 aromatic rings. The predicted octanol–water partition coefficient (Wildman–Crippen LogP) is 3.79. The Morgan fingerprint density at radius 1 is 1.27 bits per heavy atom. The van der Waals surface area contributed by atoms with Gasteiger partial charge in [-0.15, -0.1) is 0 Å². The largest absolute Gasteiger partial charge is 0.495 e. The molecule has 5 heteroatoms. The van der Waals surface area contributed by atoms with Crippen molar-refractivity contribution in [2.45, 2.75) is 12.8 Å². The van der Waals surface area contributed by atoms with Crippen LogP contribution in [0.15, 0.2) is 42.5 Å². The molecule has 0 aliphatic carbocycles. The molecule has 2 aromatic carbocycles. The Morgan fingerprint density at radius 3 is 2.59 bits per heavy atom. The Hall–Kier alpha value is -2.51. The first kappa shape index (κ1) is 15.9. The molecule has 0 heterocycles. The summed E-state index contributed by atoms with van der Waals surface area (Å²) >= 11 is 6.01. The molecule has 0 saturated heterocycles. The molecule has 0 bridgehead atoms. The number of methoxy groups -OCH3 is 1. The summed E-state index contributed by atoms with van der Waals surface area (Å²) in [6, 6.07) is 14.4. The van der Waals surface area contributed by atoms with Gasteiger partial charge in [-0.3, -0.25) is 4.79 Å². The number of carbonyl (C=O) groups is 1. The van der Waals surface area contributed by atoms with Crippen molar-refractivity contribution in [3.63, 3.8) is 0 Å². The van der Waals surface area contributed by atoms with Gasteiger partial charge in [0.2, 0.25) is 5.91 Å². The number of amides is 1. The minimum absolute atomic E-state index is 0.0920. The molecule has 0 atom stereocenters. The van der Waals surface area contributed by atoms with Crippen molar-refractivity contribution in [1.82, 2.24) is 0 Å². The number of halogens is 1. The highest BCUT2D eigenvalue weighted by molar-refractivity contribution is 6.32. The van der Waals surface area contributed by atoms with E-state index < -0.39 is 0 Å². The molecule has 0 unspecified atom stereocenters. The number of benzene rings is 2. The molecule has 2 rings (SSSR count). The average Bonchev–Trinajstić information content (AvgIpc) is 2.53. The molecule has 0 aromatic heterocycles. The van der Waals surface area contributed by atoms with Crippen LogP contribution in [0.4, 0.5) is 5.69 Å². The van der Waals surface area contributed by atoms with Gasteiger partial charge in [0.05, 0.1) is 23.8 Å². The number of nitrogens with one attached hydrogen (secondary N) is 1. The maximum Gasteiger partial charge on any atom is 0.224 e. The van der Waals surface area contributed by atoms with Crippen molar-refractivity contribution in [1.29, 1.82) is 5.26 Å². The standard InChI is InChI=1S/C17H15ClN2O2/c1-22-16-8-7-14(10-15(16)18)20-17(21)9-6-12-2-4-13(11-19)5-3-12/h2-5,7-8,10H,6,9H2,1H3,(H,20,21). The molecule has 0 aliphatic heterocycles. The minimum Gasteiger partial charge on any atom is -0.495 e. The van der Waals surface area contributed by atoms with Crippen LogP contribution in [0.2, 0.25) is 5.02 Å². The summed E-state index contributed by atoms with van der Waals surface area (Å²) in [6.45, 7) is 0. The number of aryl methyl sites for hydroxylation is 1. The van der Waals surface area contributed by atoms with Crippen LogP contribution in [-0.2, 0) is 11.2 Å². The lowest BCUT2D eigenvalue weighted by Gasteiger charge is -2.08. The zero-order valence-electron chi connectivity index (χ0n) is 12.1. The molecule has 112 valence electrons. The summed E-state index contributed by atoms with van der Waals surface area (Å²) in [7, 11) is 1.54. The third kappa shape index (κ3) is 4.24. The van der Waals surface area contributed by atoms with Crippen molar-refractivity contribution in [2.75, 3.05) is 12.4 Å². The van der Waals surface area contributed by atoms with Crippen LogP contribution in [0.25, 0.3) is 0 Å². The molecule has 0 saturated carbocycles. The zero-order chi connectivity index (χ0) is 15.9. The second-order valence-electron chi connectivity index (χ2n) is 4.71. The SMILES string of the molecule is COc1ccc(NC(=O)CCc2ccc(C#N)cc2)cc1Cl. The molecule has 4 nitrogen and oxygen atoms in total. The highest BCUT2D eigenvalue weighted by Gasteiger charge is 2.06. The maximum atomic E-state index is 11.9. The van der Waals surface area contributed by atoms with Gasteiger partial charge in [-0.05, 0) is 42.3 Å². The normalized spacial score (nSPS) is 9.86. The number of anilines is 1. The van der Waals surface area contributed by atoms with Crippen molar-refractivity contribution >= 4 is 23.2 Å². The summed E-state index contributed by atoms with van der Waals surface area (Å²) in [5.74, 6) is 0.475. The van der Waals surface area contributed by atoms with E-state index in [9.17, 15) is 4.79 Å². The molecule has 0 spiro atoms. The Labute approximate surface area is 134 Å². The van der Waals surface area contributed by atoms with Crippen LogP contribution in [0, 0.1) is 11.3 Å². The van der Waals surface area contributed by atoms with E-state index in [2.05, 4.69) is 11.4 Å². The Bertz CT molecular complexity index is 706. The zero-order valence-corrected chi connectivity index (χ0v) is 12.9. The van der Waals surface area contributed by atoms with Crippen LogP contribution in [0.1, 0.15) is 17.5 Å². The summed E-state index contributed by atoms with van der Waals surface area (Å²) in [6.07, 6.45) is 0.969. The van der Waals surface area contributed by atoms with Crippen molar-refractivity contribution in [2.24, 2.45) is 0 Å². The second kappa shape index (κ2) is 7.48. The van der Waals surface area contributed by atoms with Gasteiger partial charge in [-0.25, -0.2) is 0 Å². The van der Waals surface area contributed by atoms with Crippen LogP contribution >= 0.6 is 11.6 Å². The molecule has 22 heavy (non-hydrogen) atoms. The van der Waals surface area contributed by atoms with Gasteiger partial charge in [0.1, 0.15) is 5.75 Å². The van der Waals surface area contributed by atoms with Crippen LogP contribution < -0.4 is 10.1 Å². The van der Waals surface area contributed by atoms with E-state index in [0.29, 0.717) is 34.9 Å². The number of nitrogens with zero attached hydrogens (tertiary/aromatic N) is 1. The van der Waals surface area contributed by atoms with E-state index in [1.165, 1.54) is 7.11 Å². The summed E-state index contributed by atoms with van der Waals surface area (Å²) in [5.41, 5.74) is 2.26. The van der Waals surface area contributed by atoms with E-state index in [4.69, 9.17) is 21.6 Å². The monoisotopic (exact) mass is 314 g/mol. The molecule has 0 radical (unpaired) electrons. The second-order valence-corrected chi connectivity index (χ2v) is 5.11. The highest BCUT2D eigenvalue weighted by atomic mass is 35.5. The molecule has 0 fully saturated rings. The van der Waals surface area contributed by atoms with E-state index >= 15 is 0 Å². The van der Waals surface area contributed by atoms with Crippen LogP contribution in [0.3, 0.4) is 0 Å². The first-order chi connectivity index (χ1) is 10.6. The first-order valence-electron chi connectivity index (χ1n) is 6.75. The smallest absolute Gasteiger partial charge is 0.224 e. The Kier molecular flexibility index (Phi) is 5.40. The topological polar surface area (TPSA) is 62.1 Å². The maximum absolute atomic E-state index is 11.9. The van der Waals surface area contributed by atoms with E-state index in [1.807, 2.05) is 12.1 Å². The molecule has 1 N–H and O–H groups in total. The van der Waals surface area contributed by atoms with E-state index in [0.717, 1.165) is 5.56 Å².